The van der Waals surface area contributed by atoms with Crippen LogP contribution in [0.4, 0.5) is 4.39 Å². The Morgan fingerprint density at radius 3 is 2.93 bits per heavy atom. The second-order valence-electron chi connectivity index (χ2n) is 3.52. The second-order valence-corrected chi connectivity index (χ2v) is 3.52. The number of rotatable bonds is 3. The highest BCUT2D eigenvalue weighted by atomic mass is 19.1. The maximum atomic E-state index is 13.1. The van der Waals surface area contributed by atoms with Gasteiger partial charge in [0, 0.05) is 17.3 Å². The molecule has 0 fully saturated rings. The van der Waals surface area contributed by atoms with Crippen LogP contribution in [0.1, 0.15) is 12.1 Å². The number of nitrogens with two attached hydrogens (primary N) is 1. The van der Waals surface area contributed by atoms with Gasteiger partial charge in [0.1, 0.15) is 5.82 Å². The van der Waals surface area contributed by atoms with E-state index in [0.717, 1.165) is 29.3 Å². The average molecular weight is 204 g/mol. The molecule has 2 N–H and O–H groups in total. The first-order valence-electron chi connectivity index (χ1n) is 5.04. The highest BCUT2D eigenvalue weighted by molar-refractivity contribution is 5.84. The van der Waals surface area contributed by atoms with Crippen molar-refractivity contribution in [3.63, 3.8) is 0 Å². The Balaban J connectivity index is 2.48. The third kappa shape index (κ3) is 2.13. The standard InChI is InChI=1S/C12H13FN2/c13-10-4-3-9-5-7-15-12(2-1-6-14)11(9)8-10/h3-5,7-8H,1-2,6,14H2. The molecule has 0 saturated carbocycles. The van der Waals surface area contributed by atoms with Crippen molar-refractivity contribution >= 4 is 10.8 Å². The van der Waals surface area contributed by atoms with Crippen molar-refractivity contribution in [2.75, 3.05) is 6.54 Å². The molecule has 0 spiro atoms. The minimum Gasteiger partial charge on any atom is -0.330 e. The number of aromatic nitrogens is 1. The molecule has 0 radical (unpaired) electrons. The number of hydrogen-bond donors (Lipinski definition) is 1. The van der Waals surface area contributed by atoms with Gasteiger partial charge in [-0.2, -0.15) is 0 Å². The Bertz CT molecular complexity index is 468. The predicted molar refractivity (Wildman–Crippen MR) is 59.1 cm³/mol. The van der Waals surface area contributed by atoms with Crippen molar-refractivity contribution in [3.8, 4) is 0 Å². The minimum absolute atomic E-state index is 0.218. The van der Waals surface area contributed by atoms with Crippen LogP contribution < -0.4 is 5.73 Å². The lowest BCUT2D eigenvalue weighted by Crippen LogP contribution is -2.02. The lowest BCUT2D eigenvalue weighted by Gasteiger charge is -2.04. The lowest BCUT2D eigenvalue weighted by molar-refractivity contribution is 0.629. The van der Waals surface area contributed by atoms with Gasteiger partial charge in [0.2, 0.25) is 0 Å². The molecular weight excluding hydrogens is 191 g/mol. The van der Waals surface area contributed by atoms with Gasteiger partial charge in [0.05, 0.1) is 0 Å². The summed E-state index contributed by atoms with van der Waals surface area (Å²) in [4.78, 5) is 4.26. The van der Waals surface area contributed by atoms with E-state index in [2.05, 4.69) is 4.98 Å². The summed E-state index contributed by atoms with van der Waals surface area (Å²) in [6.07, 6.45) is 3.44. The van der Waals surface area contributed by atoms with E-state index in [1.54, 1.807) is 12.3 Å². The van der Waals surface area contributed by atoms with Crippen LogP contribution in [0.25, 0.3) is 10.8 Å². The molecule has 78 valence electrons. The summed E-state index contributed by atoms with van der Waals surface area (Å²) >= 11 is 0. The first-order chi connectivity index (χ1) is 7.31. The summed E-state index contributed by atoms with van der Waals surface area (Å²) < 4.78 is 13.1. The zero-order valence-electron chi connectivity index (χ0n) is 8.41. The Morgan fingerprint density at radius 1 is 1.27 bits per heavy atom. The Labute approximate surface area is 87.9 Å². The molecule has 2 aromatic rings. The third-order valence-corrected chi connectivity index (χ3v) is 2.43. The molecule has 1 aromatic heterocycles. The maximum Gasteiger partial charge on any atom is 0.123 e. The topological polar surface area (TPSA) is 38.9 Å². The van der Waals surface area contributed by atoms with Gasteiger partial charge in [-0.25, -0.2) is 4.39 Å². The van der Waals surface area contributed by atoms with Crippen molar-refractivity contribution in [3.05, 3.63) is 42.0 Å². The van der Waals surface area contributed by atoms with Gasteiger partial charge in [-0.3, -0.25) is 4.98 Å². The van der Waals surface area contributed by atoms with Crippen LogP contribution in [0, 0.1) is 5.82 Å². The first-order valence-corrected chi connectivity index (χ1v) is 5.04. The quantitative estimate of drug-likeness (QED) is 0.832. The van der Waals surface area contributed by atoms with E-state index in [1.807, 2.05) is 6.07 Å². The van der Waals surface area contributed by atoms with Crippen LogP contribution in [0.3, 0.4) is 0 Å². The fourth-order valence-electron chi connectivity index (χ4n) is 1.67. The summed E-state index contributed by atoms with van der Waals surface area (Å²) in [5.74, 6) is -0.218. The van der Waals surface area contributed by atoms with E-state index in [4.69, 9.17) is 5.73 Å². The Morgan fingerprint density at radius 2 is 2.13 bits per heavy atom. The van der Waals surface area contributed by atoms with E-state index in [0.29, 0.717) is 6.54 Å². The van der Waals surface area contributed by atoms with Crippen LogP contribution in [0.15, 0.2) is 30.5 Å². The van der Waals surface area contributed by atoms with Gasteiger partial charge in [0.15, 0.2) is 0 Å². The van der Waals surface area contributed by atoms with E-state index in [1.165, 1.54) is 12.1 Å². The Kier molecular flexibility index (Phi) is 2.92. The molecule has 0 bridgehead atoms. The second kappa shape index (κ2) is 4.36. The van der Waals surface area contributed by atoms with Gasteiger partial charge in [-0.05, 0) is 43.0 Å². The van der Waals surface area contributed by atoms with Crippen molar-refractivity contribution in [1.82, 2.24) is 4.98 Å². The third-order valence-electron chi connectivity index (χ3n) is 2.43. The van der Waals surface area contributed by atoms with Crippen molar-refractivity contribution < 1.29 is 4.39 Å². The summed E-state index contributed by atoms with van der Waals surface area (Å²) in [5.41, 5.74) is 6.38. The molecular formula is C12H13FN2. The largest absolute Gasteiger partial charge is 0.330 e. The maximum absolute atomic E-state index is 13.1. The van der Waals surface area contributed by atoms with Gasteiger partial charge in [-0.1, -0.05) is 6.07 Å². The number of fused-ring (bicyclic) bond motifs is 1. The molecule has 1 heterocycles. The highest BCUT2D eigenvalue weighted by Crippen LogP contribution is 2.18. The molecule has 0 aliphatic carbocycles. The lowest BCUT2D eigenvalue weighted by atomic mass is 10.1. The molecule has 3 heteroatoms. The van der Waals surface area contributed by atoms with E-state index >= 15 is 0 Å². The number of nitrogens with zero attached hydrogens (tertiary/aromatic N) is 1. The molecule has 0 unspecified atom stereocenters. The summed E-state index contributed by atoms with van der Waals surface area (Å²) in [6.45, 7) is 0.632. The van der Waals surface area contributed by atoms with Gasteiger partial charge in [-0.15, -0.1) is 0 Å². The van der Waals surface area contributed by atoms with Crippen molar-refractivity contribution in [1.29, 1.82) is 0 Å². The highest BCUT2D eigenvalue weighted by Gasteiger charge is 2.02. The number of aryl methyl sites for hydroxylation is 1. The van der Waals surface area contributed by atoms with Gasteiger partial charge >= 0.3 is 0 Å². The van der Waals surface area contributed by atoms with Crippen LogP contribution in [-0.2, 0) is 6.42 Å². The summed E-state index contributed by atoms with van der Waals surface area (Å²) in [5, 5.41) is 1.92. The number of halogens is 1. The normalized spacial score (nSPS) is 10.8. The molecule has 0 amide bonds. The molecule has 2 nitrogen and oxygen atoms in total. The molecule has 0 atom stereocenters. The molecule has 15 heavy (non-hydrogen) atoms. The number of benzene rings is 1. The summed E-state index contributed by atoms with van der Waals surface area (Å²) in [7, 11) is 0. The molecule has 1 aromatic carbocycles. The molecule has 0 aliphatic rings. The molecule has 0 saturated heterocycles. The fraction of sp³-hybridized carbons (Fsp3) is 0.250. The number of pyridine rings is 1. The molecule has 0 aliphatic heterocycles. The number of hydrogen-bond acceptors (Lipinski definition) is 2. The van der Waals surface area contributed by atoms with Crippen molar-refractivity contribution in [2.24, 2.45) is 5.73 Å². The smallest absolute Gasteiger partial charge is 0.123 e. The van der Waals surface area contributed by atoms with Gasteiger partial charge in [0.25, 0.3) is 0 Å². The molecule has 2 rings (SSSR count). The minimum atomic E-state index is -0.218. The van der Waals surface area contributed by atoms with E-state index < -0.39 is 0 Å². The SMILES string of the molecule is NCCCc1nccc2ccc(F)cc12. The zero-order chi connectivity index (χ0) is 10.7. The monoisotopic (exact) mass is 204 g/mol. The fourth-order valence-corrected chi connectivity index (χ4v) is 1.67. The summed E-state index contributed by atoms with van der Waals surface area (Å²) in [6, 6.07) is 6.67. The van der Waals surface area contributed by atoms with Crippen LogP contribution in [0.5, 0.6) is 0 Å². The van der Waals surface area contributed by atoms with E-state index in [-0.39, 0.29) is 5.82 Å². The Hall–Kier alpha value is -1.48. The van der Waals surface area contributed by atoms with Crippen LogP contribution in [0.2, 0.25) is 0 Å². The van der Waals surface area contributed by atoms with Gasteiger partial charge < -0.3 is 5.73 Å². The average Bonchev–Trinajstić information content (AvgIpc) is 2.26. The van der Waals surface area contributed by atoms with E-state index in [9.17, 15) is 4.39 Å². The first kappa shape index (κ1) is 10.1. The van der Waals surface area contributed by atoms with Crippen molar-refractivity contribution in [2.45, 2.75) is 12.8 Å². The zero-order valence-corrected chi connectivity index (χ0v) is 8.41. The van der Waals surface area contributed by atoms with Crippen LogP contribution in [-0.4, -0.2) is 11.5 Å². The predicted octanol–water partition coefficient (Wildman–Crippen LogP) is 2.27. The van der Waals surface area contributed by atoms with Crippen LogP contribution >= 0.6 is 0 Å².